The van der Waals surface area contributed by atoms with Crippen molar-refractivity contribution in [2.45, 2.75) is 13.2 Å². The van der Waals surface area contributed by atoms with E-state index >= 15 is 0 Å². The lowest BCUT2D eigenvalue weighted by atomic mass is 10.1. The molecular formula is C32H22Br2Cl2N2O3. The minimum Gasteiger partial charge on any atom is -0.488 e. The molecule has 206 valence electrons. The van der Waals surface area contributed by atoms with E-state index in [4.69, 9.17) is 32.7 Å². The average Bonchev–Trinajstić information content (AvgIpc) is 2.96. The Labute approximate surface area is 264 Å². The van der Waals surface area contributed by atoms with Gasteiger partial charge in [-0.05, 0) is 90.2 Å². The number of ether oxygens (including phenoxy) is 2. The minimum absolute atomic E-state index is 0.181. The quantitative estimate of drug-likeness (QED) is 0.122. The van der Waals surface area contributed by atoms with Gasteiger partial charge in [0.1, 0.15) is 24.7 Å². The highest BCUT2D eigenvalue weighted by atomic mass is 79.9. The van der Waals surface area contributed by atoms with Crippen LogP contribution >= 0.6 is 55.1 Å². The zero-order chi connectivity index (χ0) is 28.8. The number of halogens is 4. The maximum Gasteiger partial charge on any atom is 0.275 e. The molecule has 5 rings (SSSR count). The molecule has 0 aliphatic rings. The summed E-state index contributed by atoms with van der Waals surface area (Å²) in [7, 11) is 0. The maximum atomic E-state index is 12.9. The van der Waals surface area contributed by atoms with Crippen molar-refractivity contribution in [3.8, 4) is 11.5 Å². The molecule has 0 atom stereocenters. The number of hydrazone groups is 1. The number of nitrogens with one attached hydrogen (secondary N) is 1. The van der Waals surface area contributed by atoms with Crippen molar-refractivity contribution in [3.05, 3.63) is 138 Å². The van der Waals surface area contributed by atoms with E-state index in [0.29, 0.717) is 33.7 Å². The SMILES string of the molecule is O=C(N/N=C\c1cc(Br)c(OCc2cccc3ccccc23)c(Br)c1)c1ccccc1OCc1ccc(Cl)cc1Cl. The van der Waals surface area contributed by atoms with Gasteiger partial charge >= 0.3 is 0 Å². The summed E-state index contributed by atoms with van der Waals surface area (Å²) in [6, 6.07) is 30.2. The third-order valence-electron chi connectivity index (χ3n) is 6.18. The average molecular weight is 713 g/mol. The molecule has 0 radical (unpaired) electrons. The third-order valence-corrected chi connectivity index (χ3v) is 7.95. The predicted octanol–water partition coefficient (Wildman–Crippen LogP) is 9.59. The van der Waals surface area contributed by atoms with Crippen LogP contribution < -0.4 is 14.9 Å². The van der Waals surface area contributed by atoms with Gasteiger partial charge in [-0.3, -0.25) is 4.79 Å². The molecule has 0 aromatic heterocycles. The number of hydrogen-bond acceptors (Lipinski definition) is 4. The lowest BCUT2D eigenvalue weighted by Crippen LogP contribution is -2.18. The summed E-state index contributed by atoms with van der Waals surface area (Å²) in [5, 5.41) is 7.50. The zero-order valence-electron chi connectivity index (χ0n) is 21.4. The maximum absolute atomic E-state index is 12.9. The highest BCUT2D eigenvalue weighted by Crippen LogP contribution is 2.35. The molecule has 0 heterocycles. The molecule has 41 heavy (non-hydrogen) atoms. The molecule has 1 N–H and O–H groups in total. The number of amides is 1. The van der Waals surface area contributed by atoms with Crippen molar-refractivity contribution in [1.82, 2.24) is 5.43 Å². The molecule has 5 aromatic rings. The summed E-state index contributed by atoms with van der Waals surface area (Å²) in [4.78, 5) is 12.9. The molecule has 5 aromatic carbocycles. The standard InChI is InChI=1S/C32H22Br2Cl2N2O3/c33-27-14-20(15-28(34)31(27)41-18-22-8-5-7-21-6-1-2-9-25(21)22)17-37-38-32(39)26-10-3-4-11-30(26)40-19-23-12-13-24(35)16-29(23)36/h1-17H,18-19H2,(H,38,39)/b37-17-. The molecular weight excluding hydrogens is 691 g/mol. The second-order valence-corrected chi connectivity index (χ2v) is 11.5. The molecule has 0 fully saturated rings. The van der Waals surface area contributed by atoms with Gasteiger partial charge in [-0.15, -0.1) is 0 Å². The van der Waals surface area contributed by atoms with Crippen molar-refractivity contribution in [3.63, 3.8) is 0 Å². The lowest BCUT2D eigenvalue weighted by Gasteiger charge is -2.13. The highest BCUT2D eigenvalue weighted by molar-refractivity contribution is 9.11. The summed E-state index contributed by atoms with van der Waals surface area (Å²) in [5.41, 5.74) is 5.51. The van der Waals surface area contributed by atoms with Crippen LogP contribution in [0.5, 0.6) is 11.5 Å². The number of carbonyl (C=O) groups is 1. The first kappa shape index (κ1) is 29.1. The van der Waals surface area contributed by atoms with Crippen molar-refractivity contribution in [1.29, 1.82) is 0 Å². The Morgan fingerprint density at radius 2 is 1.51 bits per heavy atom. The molecule has 9 heteroatoms. The van der Waals surface area contributed by atoms with Gasteiger partial charge in [0.15, 0.2) is 0 Å². The van der Waals surface area contributed by atoms with Crippen LogP contribution in [0.1, 0.15) is 27.0 Å². The van der Waals surface area contributed by atoms with Gasteiger partial charge in [-0.2, -0.15) is 5.10 Å². The van der Waals surface area contributed by atoms with E-state index in [0.717, 1.165) is 31.0 Å². The number of rotatable bonds is 9. The first-order chi connectivity index (χ1) is 19.9. The zero-order valence-corrected chi connectivity index (χ0v) is 26.1. The largest absolute Gasteiger partial charge is 0.488 e. The molecule has 0 aliphatic heterocycles. The number of carbonyl (C=O) groups excluding carboxylic acids is 1. The molecule has 0 saturated carbocycles. The number of benzene rings is 5. The molecule has 5 nitrogen and oxygen atoms in total. The smallest absolute Gasteiger partial charge is 0.275 e. The second-order valence-electron chi connectivity index (χ2n) is 8.96. The van der Waals surface area contributed by atoms with E-state index in [2.05, 4.69) is 66.7 Å². The molecule has 0 saturated heterocycles. The monoisotopic (exact) mass is 710 g/mol. The number of hydrogen-bond donors (Lipinski definition) is 1. The first-order valence-corrected chi connectivity index (χ1v) is 14.8. The van der Waals surface area contributed by atoms with Crippen molar-refractivity contribution in [2.75, 3.05) is 0 Å². The Balaban J connectivity index is 1.23. The van der Waals surface area contributed by atoms with Gasteiger partial charge in [-0.1, -0.05) is 83.9 Å². The summed E-state index contributed by atoms with van der Waals surface area (Å²) < 4.78 is 13.5. The van der Waals surface area contributed by atoms with E-state index in [9.17, 15) is 4.79 Å². The Morgan fingerprint density at radius 1 is 0.805 bits per heavy atom. The van der Waals surface area contributed by atoms with E-state index < -0.39 is 5.91 Å². The van der Waals surface area contributed by atoms with Gasteiger partial charge in [0.2, 0.25) is 0 Å². The first-order valence-electron chi connectivity index (χ1n) is 12.5. The Hall–Kier alpha value is -3.36. The van der Waals surface area contributed by atoms with E-state index in [1.807, 2.05) is 30.3 Å². The molecule has 0 bridgehead atoms. The van der Waals surface area contributed by atoms with Crippen molar-refractivity contribution in [2.24, 2.45) is 5.10 Å². The normalized spacial score (nSPS) is 11.1. The summed E-state index contributed by atoms with van der Waals surface area (Å²) in [6.45, 7) is 0.592. The summed E-state index contributed by atoms with van der Waals surface area (Å²) in [5.74, 6) is 0.669. The topological polar surface area (TPSA) is 59.9 Å². The van der Waals surface area contributed by atoms with Crippen LogP contribution in [0.25, 0.3) is 10.8 Å². The number of para-hydroxylation sites is 1. The second kappa shape index (κ2) is 13.5. The summed E-state index contributed by atoms with van der Waals surface area (Å²) >= 11 is 19.4. The van der Waals surface area contributed by atoms with E-state index in [1.54, 1.807) is 48.7 Å². The van der Waals surface area contributed by atoms with Gasteiger partial charge < -0.3 is 9.47 Å². The number of fused-ring (bicyclic) bond motifs is 1. The fourth-order valence-corrected chi connectivity index (χ4v) is 6.07. The molecule has 0 aliphatic carbocycles. The van der Waals surface area contributed by atoms with Gasteiger partial charge in [0.05, 0.1) is 20.7 Å². The van der Waals surface area contributed by atoms with Crippen LogP contribution in [0.2, 0.25) is 10.0 Å². The van der Waals surface area contributed by atoms with Gasteiger partial charge in [-0.25, -0.2) is 5.43 Å². The summed E-state index contributed by atoms with van der Waals surface area (Å²) in [6.07, 6.45) is 1.55. The van der Waals surface area contributed by atoms with Crippen LogP contribution in [0, 0.1) is 0 Å². The van der Waals surface area contributed by atoms with E-state index in [-0.39, 0.29) is 6.61 Å². The van der Waals surface area contributed by atoms with Crippen LogP contribution in [0.3, 0.4) is 0 Å². The van der Waals surface area contributed by atoms with Crippen LogP contribution in [0.15, 0.2) is 111 Å². The number of nitrogens with zero attached hydrogens (tertiary/aromatic N) is 1. The van der Waals surface area contributed by atoms with Gasteiger partial charge in [0.25, 0.3) is 5.91 Å². The van der Waals surface area contributed by atoms with Crippen LogP contribution in [0.4, 0.5) is 0 Å². The molecule has 0 spiro atoms. The third kappa shape index (κ3) is 7.29. The van der Waals surface area contributed by atoms with Gasteiger partial charge in [0, 0.05) is 15.6 Å². The predicted molar refractivity (Wildman–Crippen MR) is 172 cm³/mol. The fourth-order valence-electron chi connectivity index (χ4n) is 4.16. The van der Waals surface area contributed by atoms with Crippen molar-refractivity contribution >= 4 is 78.0 Å². The molecule has 0 unspecified atom stereocenters. The van der Waals surface area contributed by atoms with Crippen LogP contribution in [-0.4, -0.2) is 12.1 Å². The minimum atomic E-state index is -0.410. The van der Waals surface area contributed by atoms with Crippen molar-refractivity contribution < 1.29 is 14.3 Å². The van der Waals surface area contributed by atoms with Crippen LogP contribution in [-0.2, 0) is 13.2 Å². The Kier molecular flexibility index (Phi) is 9.62. The Morgan fingerprint density at radius 3 is 2.32 bits per heavy atom. The fraction of sp³-hybridized carbons (Fsp3) is 0.0625. The Bertz CT molecular complexity index is 1730. The highest BCUT2D eigenvalue weighted by Gasteiger charge is 2.13. The van der Waals surface area contributed by atoms with E-state index in [1.165, 1.54) is 5.39 Å². The molecule has 1 amide bonds. The lowest BCUT2D eigenvalue weighted by molar-refractivity contribution is 0.0950.